The van der Waals surface area contributed by atoms with Crippen LogP contribution in [0.5, 0.6) is 11.8 Å². The van der Waals surface area contributed by atoms with Crippen molar-refractivity contribution in [2.75, 3.05) is 0 Å². The molecule has 2 aromatic rings. The lowest BCUT2D eigenvalue weighted by Crippen LogP contribution is -2.28. The number of rotatable bonds is 1. The zero-order chi connectivity index (χ0) is 15.6. The highest BCUT2D eigenvalue weighted by molar-refractivity contribution is 5.91. The van der Waals surface area contributed by atoms with Gasteiger partial charge < -0.3 is 10.2 Å². The van der Waals surface area contributed by atoms with Crippen LogP contribution in [0.2, 0.25) is 0 Å². The van der Waals surface area contributed by atoms with E-state index in [0.717, 1.165) is 35.2 Å². The molecular weight excluding hydrogens is 278 g/mol. The standard InChI is InChI=1S/C18H19NO3/c1-9-3-5-12(7-10(9)2)19-17(21)15-11-4-6-13(14(20)8-11)16(15)18(19)22/h3,5,7,11,13,21-22H,4,6,8H2,1-2H3/t11-,13+/m0/s1. The highest BCUT2D eigenvalue weighted by Crippen LogP contribution is 2.55. The van der Waals surface area contributed by atoms with Gasteiger partial charge in [0.2, 0.25) is 11.8 Å². The van der Waals surface area contributed by atoms with Gasteiger partial charge in [0, 0.05) is 23.5 Å². The SMILES string of the molecule is Cc1ccc(-n2c(O)c3c(c2O)[C@@H]2CC[C@H]3CC2=O)cc1C. The summed E-state index contributed by atoms with van der Waals surface area (Å²) in [6.45, 7) is 4.03. The van der Waals surface area contributed by atoms with Crippen LogP contribution in [0.15, 0.2) is 18.2 Å². The lowest BCUT2D eigenvalue weighted by atomic mass is 9.67. The van der Waals surface area contributed by atoms with E-state index in [1.807, 2.05) is 32.0 Å². The minimum Gasteiger partial charge on any atom is -0.494 e. The summed E-state index contributed by atoms with van der Waals surface area (Å²) in [4.78, 5) is 12.1. The molecule has 3 aliphatic carbocycles. The number of aromatic hydroxyl groups is 2. The van der Waals surface area contributed by atoms with Crippen LogP contribution in [0.1, 0.15) is 53.4 Å². The summed E-state index contributed by atoms with van der Waals surface area (Å²) in [5.74, 6) is 0.109. The third-order valence-corrected chi connectivity index (χ3v) is 5.34. The Morgan fingerprint density at radius 1 is 1.05 bits per heavy atom. The molecule has 2 bridgehead atoms. The van der Waals surface area contributed by atoms with Gasteiger partial charge in [0.15, 0.2) is 0 Å². The first-order valence-electron chi connectivity index (χ1n) is 7.75. The number of carbonyl (C=O) groups excluding carboxylic acids is 1. The van der Waals surface area contributed by atoms with Gasteiger partial charge in [-0.05, 0) is 55.9 Å². The average Bonchev–Trinajstić information content (AvgIpc) is 2.76. The Labute approximate surface area is 129 Å². The minimum absolute atomic E-state index is 0.0264. The molecule has 5 rings (SSSR count). The average molecular weight is 297 g/mol. The maximum Gasteiger partial charge on any atom is 0.202 e. The van der Waals surface area contributed by atoms with E-state index in [4.69, 9.17) is 0 Å². The van der Waals surface area contributed by atoms with Crippen molar-refractivity contribution < 1.29 is 15.0 Å². The fourth-order valence-electron chi connectivity index (χ4n) is 4.01. The normalized spacial score (nSPS) is 22.9. The van der Waals surface area contributed by atoms with Crippen LogP contribution >= 0.6 is 0 Å². The first-order valence-corrected chi connectivity index (χ1v) is 7.75. The van der Waals surface area contributed by atoms with Gasteiger partial charge in [0.1, 0.15) is 5.78 Å². The van der Waals surface area contributed by atoms with Crippen molar-refractivity contribution in [3.05, 3.63) is 40.5 Å². The van der Waals surface area contributed by atoms with Crippen molar-refractivity contribution in [1.29, 1.82) is 0 Å². The molecule has 4 nitrogen and oxygen atoms in total. The summed E-state index contributed by atoms with van der Waals surface area (Å²) >= 11 is 0. The second kappa shape index (κ2) is 4.38. The summed E-state index contributed by atoms with van der Waals surface area (Å²) in [5, 5.41) is 21.3. The molecule has 114 valence electrons. The molecule has 1 saturated carbocycles. The molecule has 1 aromatic heterocycles. The second-order valence-corrected chi connectivity index (χ2v) is 6.58. The smallest absolute Gasteiger partial charge is 0.202 e. The molecular formula is C18H19NO3. The van der Waals surface area contributed by atoms with Crippen LogP contribution in [-0.4, -0.2) is 20.6 Å². The fraction of sp³-hybridized carbons (Fsp3) is 0.389. The largest absolute Gasteiger partial charge is 0.494 e. The summed E-state index contributed by atoms with van der Waals surface area (Å²) < 4.78 is 1.49. The number of fused-ring (bicyclic) bond motifs is 2. The Morgan fingerprint density at radius 2 is 1.77 bits per heavy atom. The number of Topliss-reactive ketones (excluding diaryl/α,β-unsaturated/α-hetero) is 1. The van der Waals surface area contributed by atoms with Crippen LogP contribution < -0.4 is 0 Å². The van der Waals surface area contributed by atoms with Gasteiger partial charge in [0.25, 0.3) is 0 Å². The molecule has 22 heavy (non-hydrogen) atoms. The first-order chi connectivity index (χ1) is 10.5. The van der Waals surface area contributed by atoms with Gasteiger partial charge in [0.05, 0.1) is 5.69 Å². The fourth-order valence-corrected chi connectivity index (χ4v) is 4.01. The van der Waals surface area contributed by atoms with E-state index in [9.17, 15) is 15.0 Å². The number of hydrogen-bond acceptors (Lipinski definition) is 3. The maximum absolute atomic E-state index is 12.1. The van der Waals surface area contributed by atoms with Crippen molar-refractivity contribution >= 4 is 5.78 Å². The Hall–Kier alpha value is -2.23. The molecule has 0 unspecified atom stereocenters. The molecule has 4 heteroatoms. The Balaban J connectivity index is 1.96. The van der Waals surface area contributed by atoms with E-state index in [0.29, 0.717) is 12.0 Å². The monoisotopic (exact) mass is 297 g/mol. The van der Waals surface area contributed by atoms with E-state index in [1.54, 1.807) is 0 Å². The van der Waals surface area contributed by atoms with E-state index in [1.165, 1.54) is 4.57 Å². The molecule has 3 aliphatic rings. The van der Waals surface area contributed by atoms with Crippen molar-refractivity contribution in [1.82, 2.24) is 4.57 Å². The Morgan fingerprint density at radius 3 is 2.45 bits per heavy atom. The number of nitrogens with zero attached hydrogens (tertiary/aromatic N) is 1. The summed E-state index contributed by atoms with van der Waals surface area (Å²) in [7, 11) is 0. The molecule has 0 aliphatic heterocycles. The van der Waals surface area contributed by atoms with Gasteiger partial charge in [-0.2, -0.15) is 0 Å². The second-order valence-electron chi connectivity index (χ2n) is 6.58. The number of carbonyl (C=O) groups is 1. The van der Waals surface area contributed by atoms with E-state index >= 15 is 0 Å². The van der Waals surface area contributed by atoms with Crippen LogP contribution in [0, 0.1) is 13.8 Å². The summed E-state index contributed by atoms with van der Waals surface area (Å²) in [5.41, 5.74) is 4.44. The molecule has 0 spiro atoms. The molecule has 1 aromatic carbocycles. The highest BCUT2D eigenvalue weighted by Gasteiger charge is 2.45. The number of aryl methyl sites for hydroxylation is 2. The lowest BCUT2D eigenvalue weighted by Gasteiger charge is -2.34. The van der Waals surface area contributed by atoms with E-state index in [-0.39, 0.29) is 29.4 Å². The van der Waals surface area contributed by atoms with Gasteiger partial charge >= 0.3 is 0 Å². The van der Waals surface area contributed by atoms with Gasteiger partial charge in [-0.25, -0.2) is 0 Å². The van der Waals surface area contributed by atoms with Crippen molar-refractivity contribution in [3.63, 3.8) is 0 Å². The van der Waals surface area contributed by atoms with Crippen LogP contribution in [0.25, 0.3) is 5.69 Å². The summed E-state index contributed by atoms with van der Waals surface area (Å²) in [6, 6.07) is 5.81. The van der Waals surface area contributed by atoms with Crippen molar-refractivity contribution in [2.24, 2.45) is 0 Å². The van der Waals surface area contributed by atoms with Gasteiger partial charge in [-0.1, -0.05) is 6.07 Å². The van der Waals surface area contributed by atoms with E-state index in [2.05, 4.69) is 0 Å². The predicted octanol–water partition coefficient (Wildman–Crippen LogP) is 3.44. The third kappa shape index (κ3) is 1.61. The molecule has 0 radical (unpaired) electrons. The maximum atomic E-state index is 12.1. The van der Waals surface area contributed by atoms with Crippen molar-refractivity contribution in [3.8, 4) is 17.4 Å². The zero-order valence-electron chi connectivity index (χ0n) is 12.8. The Kier molecular flexibility index (Phi) is 2.68. The van der Waals surface area contributed by atoms with Crippen molar-refractivity contribution in [2.45, 2.75) is 44.9 Å². The zero-order valence-corrected chi connectivity index (χ0v) is 12.8. The molecule has 0 saturated heterocycles. The predicted molar refractivity (Wildman–Crippen MR) is 82.9 cm³/mol. The molecule has 0 amide bonds. The summed E-state index contributed by atoms with van der Waals surface area (Å²) in [6.07, 6.45) is 2.18. The van der Waals surface area contributed by atoms with Crippen LogP contribution in [-0.2, 0) is 4.79 Å². The quantitative estimate of drug-likeness (QED) is 0.847. The molecule has 1 fully saturated rings. The van der Waals surface area contributed by atoms with Gasteiger partial charge in [-0.15, -0.1) is 0 Å². The molecule has 2 N–H and O–H groups in total. The molecule has 2 atom stereocenters. The number of aromatic nitrogens is 1. The highest BCUT2D eigenvalue weighted by atomic mass is 16.3. The number of hydrogen-bond donors (Lipinski definition) is 2. The number of ketones is 1. The van der Waals surface area contributed by atoms with E-state index < -0.39 is 0 Å². The minimum atomic E-state index is -0.251. The number of benzene rings is 1. The Bertz CT molecular complexity index is 803. The first kappa shape index (κ1) is 13.4. The lowest BCUT2D eigenvalue weighted by molar-refractivity contribution is -0.123. The topological polar surface area (TPSA) is 62.5 Å². The van der Waals surface area contributed by atoms with Crippen LogP contribution in [0.4, 0.5) is 0 Å². The third-order valence-electron chi connectivity index (χ3n) is 5.34. The van der Waals surface area contributed by atoms with Gasteiger partial charge in [-0.3, -0.25) is 9.36 Å². The molecule has 1 heterocycles. The van der Waals surface area contributed by atoms with Crippen LogP contribution in [0.3, 0.4) is 0 Å².